The highest BCUT2D eigenvalue weighted by Crippen LogP contribution is 1.95. The van der Waals surface area contributed by atoms with Crippen molar-refractivity contribution in [2.45, 2.75) is 6.29 Å². The number of carbonyl (C=O) groups is 1. The Morgan fingerprint density at radius 1 is 1.21 bits per heavy atom. The molecule has 0 aromatic carbocycles. The van der Waals surface area contributed by atoms with Crippen LogP contribution in [-0.4, -0.2) is 70.4 Å². The van der Waals surface area contributed by atoms with Gasteiger partial charge in [-0.25, -0.2) is 0 Å². The first-order chi connectivity index (χ1) is 6.56. The second-order valence-electron chi connectivity index (χ2n) is 3.60. The van der Waals surface area contributed by atoms with Gasteiger partial charge >= 0.3 is 0 Å². The van der Waals surface area contributed by atoms with E-state index in [-0.39, 0.29) is 0 Å². The molecule has 0 radical (unpaired) electrons. The molecule has 5 nitrogen and oxygen atoms in total. The second kappa shape index (κ2) is 7.73. The van der Waals surface area contributed by atoms with Crippen LogP contribution < -0.4 is 0 Å². The normalized spacial score (nSPS) is 13.3. The van der Waals surface area contributed by atoms with Gasteiger partial charge in [0.2, 0.25) is 6.29 Å². The average Bonchev–Trinajstić information content (AvgIpc) is 2.02. The molecule has 0 fully saturated rings. The van der Waals surface area contributed by atoms with Crippen molar-refractivity contribution in [1.29, 1.82) is 0 Å². The van der Waals surface area contributed by atoms with Crippen molar-refractivity contribution < 1.29 is 14.3 Å². The molecule has 84 valence electrons. The SMILES string of the molecule is CN(C)CCOC(CN(C)C)OC=O. The van der Waals surface area contributed by atoms with E-state index >= 15 is 0 Å². The maximum absolute atomic E-state index is 10.2. The fourth-order valence-electron chi connectivity index (χ4n) is 0.862. The molecule has 14 heavy (non-hydrogen) atoms. The molecule has 1 atom stereocenters. The lowest BCUT2D eigenvalue weighted by atomic mass is 10.5. The Morgan fingerprint density at radius 3 is 2.29 bits per heavy atom. The van der Waals surface area contributed by atoms with Crippen LogP contribution >= 0.6 is 0 Å². The molecule has 5 heteroatoms. The van der Waals surface area contributed by atoms with Crippen molar-refractivity contribution in [2.24, 2.45) is 0 Å². The summed E-state index contributed by atoms with van der Waals surface area (Å²) in [7, 11) is 7.72. The van der Waals surface area contributed by atoms with Crippen molar-refractivity contribution in [3.63, 3.8) is 0 Å². The summed E-state index contributed by atoms with van der Waals surface area (Å²) < 4.78 is 10.1. The number of carbonyl (C=O) groups excluding carboxylic acids is 1. The van der Waals surface area contributed by atoms with E-state index in [4.69, 9.17) is 9.47 Å². The van der Waals surface area contributed by atoms with Gasteiger partial charge in [0.1, 0.15) is 0 Å². The molecule has 0 aliphatic carbocycles. The quantitative estimate of drug-likeness (QED) is 0.398. The molecule has 0 bridgehead atoms. The van der Waals surface area contributed by atoms with Crippen LogP contribution in [0.1, 0.15) is 0 Å². The largest absolute Gasteiger partial charge is 0.437 e. The summed E-state index contributed by atoms with van der Waals surface area (Å²) in [6.45, 7) is 2.36. The van der Waals surface area contributed by atoms with E-state index in [2.05, 4.69) is 0 Å². The van der Waals surface area contributed by atoms with Crippen LogP contribution in [0.4, 0.5) is 0 Å². The highest BCUT2D eigenvalue weighted by Gasteiger charge is 2.10. The number of nitrogens with zero attached hydrogens (tertiary/aromatic N) is 2. The van der Waals surface area contributed by atoms with Crippen LogP contribution in [0.3, 0.4) is 0 Å². The van der Waals surface area contributed by atoms with Crippen molar-refractivity contribution in [3.8, 4) is 0 Å². The van der Waals surface area contributed by atoms with Crippen LogP contribution in [0.2, 0.25) is 0 Å². The van der Waals surface area contributed by atoms with Crippen molar-refractivity contribution in [2.75, 3.05) is 47.9 Å². The Labute approximate surface area is 85.6 Å². The number of likely N-dealkylation sites (N-methyl/N-ethyl adjacent to an activating group) is 2. The lowest BCUT2D eigenvalue weighted by molar-refractivity contribution is -0.167. The van der Waals surface area contributed by atoms with Crippen molar-refractivity contribution in [3.05, 3.63) is 0 Å². The highest BCUT2D eigenvalue weighted by molar-refractivity contribution is 5.37. The molecule has 0 aromatic heterocycles. The molecular formula is C9H20N2O3. The van der Waals surface area contributed by atoms with E-state index in [9.17, 15) is 4.79 Å². The van der Waals surface area contributed by atoms with Gasteiger partial charge in [-0.1, -0.05) is 0 Å². The lowest BCUT2D eigenvalue weighted by Crippen LogP contribution is -2.32. The molecule has 0 heterocycles. The maximum Gasteiger partial charge on any atom is 0.295 e. The van der Waals surface area contributed by atoms with E-state index in [1.54, 1.807) is 0 Å². The van der Waals surface area contributed by atoms with Gasteiger partial charge in [0.05, 0.1) is 13.2 Å². The van der Waals surface area contributed by atoms with Gasteiger partial charge < -0.3 is 19.3 Å². The van der Waals surface area contributed by atoms with E-state index in [0.717, 1.165) is 6.54 Å². The van der Waals surface area contributed by atoms with Crippen molar-refractivity contribution >= 4 is 6.47 Å². The smallest absolute Gasteiger partial charge is 0.295 e. The molecule has 0 saturated carbocycles. The molecule has 0 spiro atoms. The lowest BCUT2D eigenvalue weighted by Gasteiger charge is -2.20. The van der Waals surface area contributed by atoms with Gasteiger partial charge in [0.15, 0.2) is 0 Å². The molecular weight excluding hydrogens is 184 g/mol. The fourth-order valence-corrected chi connectivity index (χ4v) is 0.862. The van der Waals surface area contributed by atoms with Crippen molar-refractivity contribution in [1.82, 2.24) is 9.80 Å². The molecule has 0 amide bonds. The summed E-state index contributed by atoms with van der Waals surface area (Å²) in [5.74, 6) is 0. The topological polar surface area (TPSA) is 42.0 Å². The molecule has 0 aliphatic heterocycles. The summed E-state index contributed by atoms with van der Waals surface area (Å²) in [6.07, 6.45) is -0.470. The third kappa shape index (κ3) is 7.97. The summed E-state index contributed by atoms with van der Waals surface area (Å²) in [5, 5.41) is 0. The first-order valence-corrected chi connectivity index (χ1v) is 4.56. The van der Waals surface area contributed by atoms with Gasteiger partial charge in [-0.2, -0.15) is 0 Å². The van der Waals surface area contributed by atoms with Gasteiger partial charge in [-0.15, -0.1) is 0 Å². The molecule has 1 unspecified atom stereocenters. The minimum Gasteiger partial charge on any atom is -0.437 e. The minimum absolute atomic E-state index is 0.420. The van der Waals surface area contributed by atoms with Gasteiger partial charge in [0, 0.05) is 6.54 Å². The van der Waals surface area contributed by atoms with Crippen LogP contribution in [-0.2, 0) is 14.3 Å². The minimum atomic E-state index is -0.470. The van der Waals surface area contributed by atoms with Crippen LogP contribution in [0.25, 0.3) is 0 Å². The fraction of sp³-hybridized carbons (Fsp3) is 0.889. The zero-order chi connectivity index (χ0) is 11.0. The van der Waals surface area contributed by atoms with Crippen LogP contribution in [0, 0.1) is 0 Å². The number of hydrogen-bond acceptors (Lipinski definition) is 5. The van der Waals surface area contributed by atoms with Gasteiger partial charge in [0.25, 0.3) is 6.47 Å². The molecule has 0 N–H and O–H groups in total. The average molecular weight is 204 g/mol. The monoisotopic (exact) mass is 204 g/mol. The predicted octanol–water partition coefficient (Wildman–Crippen LogP) is -0.375. The second-order valence-corrected chi connectivity index (χ2v) is 3.60. The van der Waals surface area contributed by atoms with Crippen LogP contribution in [0.15, 0.2) is 0 Å². The number of hydrogen-bond donors (Lipinski definition) is 0. The molecule has 0 aliphatic rings. The molecule has 0 aromatic rings. The molecule has 0 rings (SSSR count). The van der Waals surface area contributed by atoms with E-state index in [1.165, 1.54) is 0 Å². The Balaban J connectivity index is 3.66. The zero-order valence-electron chi connectivity index (χ0n) is 9.40. The Hall–Kier alpha value is -0.650. The predicted molar refractivity (Wildman–Crippen MR) is 54.0 cm³/mol. The molecule has 0 saturated heterocycles. The Kier molecular flexibility index (Phi) is 7.37. The van der Waals surface area contributed by atoms with E-state index in [1.807, 2.05) is 38.0 Å². The Morgan fingerprint density at radius 2 is 1.86 bits per heavy atom. The highest BCUT2D eigenvalue weighted by atomic mass is 16.7. The number of rotatable bonds is 8. The van der Waals surface area contributed by atoms with Gasteiger partial charge in [-0.05, 0) is 28.2 Å². The standard InChI is InChI=1S/C9H20N2O3/c1-10(2)5-6-13-9(14-8-12)7-11(3)4/h8-9H,5-7H2,1-4H3. The van der Waals surface area contributed by atoms with E-state index in [0.29, 0.717) is 19.6 Å². The summed E-state index contributed by atoms with van der Waals surface area (Å²) >= 11 is 0. The summed E-state index contributed by atoms with van der Waals surface area (Å²) in [6, 6.07) is 0. The first-order valence-electron chi connectivity index (χ1n) is 4.56. The Bertz CT molecular complexity index is 151. The van der Waals surface area contributed by atoms with Gasteiger partial charge in [-0.3, -0.25) is 4.79 Å². The zero-order valence-corrected chi connectivity index (χ0v) is 9.40. The summed E-state index contributed by atoms with van der Waals surface area (Å²) in [4.78, 5) is 14.1. The third-order valence-corrected chi connectivity index (χ3v) is 1.56. The third-order valence-electron chi connectivity index (χ3n) is 1.56. The maximum atomic E-state index is 10.2. The first kappa shape index (κ1) is 13.4. The number of ether oxygens (including phenoxy) is 2. The van der Waals surface area contributed by atoms with E-state index < -0.39 is 6.29 Å². The van der Waals surface area contributed by atoms with Crippen LogP contribution in [0.5, 0.6) is 0 Å². The summed E-state index contributed by atoms with van der Waals surface area (Å²) in [5.41, 5.74) is 0.